The Labute approximate surface area is 125 Å². The molecule has 0 bridgehead atoms. The SMILES string of the molecule is CCn1nc(CC(=O)CNC2CCCC2)c2ccccc21. The third-order valence-electron chi connectivity index (χ3n) is 4.34. The van der Waals surface area contributed by atoms with Gasteiger partial charge in [-0.1, -0.05) is 31.0 Å². The van der Waals surface area contributed by atoms with Gasteiger partial charge in [0.2, 0.25) is 0 Å². The molecular formula is C17H23N3O. The van der Waals surface area contributed by atoms with Crippen molar-refractivity contribution in [1.29, 1.82) is 0 Å². The lowest BCUT2D eigenvalue weighted by Gasteiger charge is -2.10. The predicted octanol–water partition coefficient (Wildman–Crippen LogP) is 2.70. The molecule has 1 saturated carbocycles. The Kier molecular flexibility index (Phi) is 4.34. The van der Waals surface area contributed by atoms with Crippen molar-refractivity contribution in [2.75, 3.05) is 6.54 Å². The first kappa shape index (κ1) is 14.3. The Morgan fingerprint density at radius 3 is 2.86 bits per heavy atom. The molecule has 1 fully saturated rings. The molecule has 0 radical (unpaired) electrons. The van der Waals surface area contributed by atoms with E-state index in [9.17, 15) is 4.79 Å². The molecule has 0 spiro atoms. The first-order chi connectivity index (χ1) is 10.3. The van der Waals surface area contributed by atoms with Crippen molar-refractivity contribution in [2.24, 2.45) is 0 Å². The maximum Gasteiger partial charge on any atom is 0.152 e. The normalized spacial score (nSPS) is 15.9. The lowest BCUT2D eigenvalue weighted by atomic mass is 10.1. The zero-order valence-corrected chi connectivity index (χ0v) is 12.6. The second-order valence-corrected chi connectivity index (χ2v) is 5.86. The van der Waals surface area contributed by atoms with Crippen LogP contribution in [0.25, 0.3) is 10.9 Å². The minimum absolute atomic E-state index is 0.230. The Morgan fingerprint density at radius 1 is 1.33 bits per heavy atom. The molecule has 1 heterocycles. The summed E-state index contributed by atoms with van der Waals surface area (Å²) in [6.45, 7) is 3.37. The molecule has 1 N–H and O–H groups in total. The van der Waals surface area contributed by atoms with Crippen LogP contribution in [-0.4, -0.2) is 28.2 Å². The molecule has 0 atom stereocenters. The topological polar surface area (TPSA) is 46.9 Å². The van der Waals surface area contributed by atoms with E-state index < -0.39 is 0 Å². The molecule has 1 aromatic carbocycles. The molecule has 1 aliphatic rings. The molecule has 0 amide bonds. The van der Waals surface area contributed by atoms with Gasteiger partial charge in [-0.05, 0) is 25.8 Å². The van der Waals surface area contributed by atoms with Gasteiger partial charge in [0.05, 0.1) is 24.2 Å². The van der Waals surface area contributed by atoms with Crippen molar-refractivity contribution < 1.29 is 4.79 Å². The molecule has 1 aromatic heterocycles. The van der Waals surface area contributed by atoms with Crippen molar-refractivity contribution in [1.82, 2.24) is 15.1 Å². The van der Waals surface area contributed by atoms with Crippen molar-refractivity contribution in [2.45, 2.75) is 51.6 Å². The van der Waals surface area contributed by atoms with E-state index in [1.54, 1.807) is 0 Å². The van der Waals surface area contributed by atoms with E-state index in [1.807, 2.05) is 16.8 Å². The minimum Gasteiger partial charge on any atom is -0.307 e. The number of benzene rings is 1. The zero-order chi connectivity index (χ0) is 14.7. The Balaban J connectivity index is 1.67. The number of ketones is 1. The zero-order valence-electron chi connectivity index (χ0n) is 12.6. The van der Waals surface area contributed by atoms with E-state index in [0.717, 1.165) is 23.1 Å². The number of nitrogens with zero attached hydrogens (tertiary/aromatic N) is 2. The highest BCUT2D eigenvalue weighted by atomic mass is 16.1. The van der Waals surface area contributed by atoms with Crippen LogP contribution >= 0.6 is 0 Å². The summed E-state index contributed by atoms with van der Waals surface area (Å²) in [5.41, 5.74) is 2.03. The summed E-state index contributed by atoms with van der Waals surface area (Å²) < 4.78 is 1.97. The smallest absolute Gasteiger partial charge is 0.152 e. The molecule has 0 saturated heterocycles. The first-order valence-electron chi connectivity index (χ1n) is 7.97. The van der Waals surface area contributed by atoms with Gasteiger partial charge < -0.3 is 5.32 Å². The molecule has 1 aliphatic carbocycles. The van der Waals surface area contributed by atoms with Crippen molar-refractivity contribution in [3.8, 4) is 0 Å². The Morgan fingerprint density at radius 2 is 2.10 bits per heavy atom. The van der Waals surface area contributed by atoms with E-state index >= 15 is 0 Å². The maximum atomic E-state index is 12.2. The highest BCUT2D eigenvalue weighted by Crippen LogP contribution is 2.19. The van der Waals surface area contributed by atoms with E-state index in [-0.39, 0.29) is 5.78 Å². The van der Waals surface area contributed by atoms with Crippen LogP contribution in [0.2, 0.25) is 0 Å². The molecule has 4 nitrogen and oxygen atoms in total. The van der Waals surface area contributed by atoms with Crippen LogP contribution in [0.1, 0.15) is 38.3 Å². The first-order valence-corrected chi connectivity index (χ1v) is 7.97. The van der Waals surface area contributed by atoms with Crippen LogP contribution < -0.4 is 5.32 Å². The number of para-hydroxylation sites is 1. The number of fused-ring (bicyclic) bond motifs is 1. The summed E-state index contributed by atoms with van der Waals surface area (Å²) in [4.78, 5) is 12.2. The quantitative estimate of drug-likeness (QED) is 0.887. The van der Waals surface area contributed by atoms with Crippen molar-refractivity contribution in [3.63, 3.8) is 0 Å². The number of nitrogens with one attached hydrogen (secondary N) is 1. The third-order valence-corrected chi connectivity index (χ3v) is 4.34. The summed E-state index contributed by atoms with van der Waals surface area (Å²) >= 11 is 0. The van der Waals surface area contributed by atoms with Gasteiger partial charge in [0, 0.05) is 18.0 Å². The van der Waals surface area contributed by atoms with Crippen LogP contribution in [0.4, 0.5) is 0 Å². The highest BCUT2D eigenvalue weighted by Gasteiger charge is 2.17. The summed E-state index contributed by atoms with van der Waals surface area (Å²) in [5.74, 6) is 0.230. The fraction of sp³-hybridized carbons (Fsp3) is 0.529. The van der Waals surface area contributed by atoms with E-state index in [0.29, 0.717) is 19.0 Å². The Hall–Kier alpha value is -1.68. The number of Topliss-reactive ketones (excluding diaryl/α,β-unsaturated/α-hetero) is 1. The fourth-order valence-corrected chi connectivity index (χ4v) is 3.21. The van der Waals surface area contributed by atoms with Gasteiger partial charge in [-0.3, -0.25) is 9.48 Å². The van der Waals surface area contributed by atoms with Crippen molar-refractivity contribution in [3.05, 3.63) is 30.0 Å². The number of carbonyl (C=O) groups is 1. The van der Waals surface area contributed by atoms with Crippen LogP contribution in [0, 0.1) is 0 Å². The lowest BCUT2D eigenvalue weighted by molar-refractivity contribution is -0.117. The molecular weight excluding hydrogens is 262 g/mol. The van der Waals surface area contributed by atoms with Gasteiger partial charge in [0.25, 0.3) is 0 Å². The standard InChI is InChI=1S/C17H23N3O/c1-2-20-17-10-6-5-9-15(17)16(19-20)11-14(21)12-18-13-7-3-4-8-13/h5-6,9-10,13,18H,2-4,7-8,11-12H2,1H3. The molecule has 4 heteroatoms. The molecule has 112 valence electrons. The minimum atomic E-state index is 0.230. The lowest BCUT2D eigenvalue weighted by Crippen LogP contribution is -2.32. The van der Waals surface area contributed by atoms with Crippen LogP contribution in [-0.2, 0) is 17.8 Å². The van der Waals surface area contributed by atoms with Crippen LogP contribution in [0.15, 0.2) is 24.3 Å². The summed E-state index contributed by atoms with van der Waals surface area (Å²) in [6, 6.07) is 8.69. The number of aryl methyl sites for hydroxylation is 1. The van der Waals surface area contributed by atoms with Gasteiger partial charge in [0.15, 0.2) is 5.78 Å². The Bertz CT molecular complexity index is 626. The number of carbonyl (C=O) groups excluding carboxylic acids is 1. The van der Waals surface area contributed by atoms with Gasteiger partial charge in [-0.2, -0.15) is 5.10 Å². The second kappa shape index (κ2) is 6.39. The number of aromatic nitrogens is 2. The average molecular weight is 285 g/mol. The molecule has 2 aromatic rings. The number of hydrogen-bond donors (Lipinski definition) is 1. The second-order valence-electron chi connectivity index (χ2n) is 5.86. The van der Waals surface area contributed by atoms with Crippen LogP contribution in [0.3, 0.4) is 0 Å². The largest absolute Gasteiger partial charge is 0.307 e. The average Bonchev–Trinajstić information content (AvgIpc) is 3.13. The van der Waals surface area contributed by atoms with Gasteiger partial charge in [-0.25, -0.2) is 0 Å². The van der Waals surface area contributed by atoms with Crippen molar-refractivity contribution >= 4 is 16.7 Å². The molecule has 21 heavy (non-hydrogen) atoms. The third kappa shape index (κ3) is 3.16. The van der Waals surface area contributed by atoms with Gasteiger partial charge >= 0.3 is 0 Å². The summed E-state index contributed by atoms with van der Waals surface area (Å²) in [7, 11) is 0. The molecule has 0 aliphatic heterocycles. The number of rotatable bonds is 6. The molecule has 3 rings (SSSR count). The van der Waals surface area contributed by atoms with Gasteiger partial charge in [0.1, 0.15) is 0 Å². The fourth-order valence-electron chi connectivity index (χ4n) is 3.21. The summed E-state index contributed by atoms with van der Waals surface area (Å²) in [5, 5.41) is 9.09. The van der Waals surface area contributed by atoms with E-state index in [4.69, 9.17) is 0 Å². The predicted molar refractivity (Wildman–Crippen MR) is 84.4 cm³/mol. The number of hydrogen-bond acceptors (Lipinski definition) is 3. The molecule has 0 unspecified atom stereocenters. The monoisotopic (exact) mass is 285 g/mol. The summed E-state index contributed by atoms with van der Waals surface area (Å²) in [6.07, 6.45) is 5.42. The van der Waals surface area contributed by atoms with E-state index in [2.05, 4.69) is 29.5 Å². The highest BCUT2D eigenvalue weighted by molar-refractivity contribution is 5.89. The van der Waals surface area contributed by atoms with Crippen LogP contribution in [0.5, 0.6) is 0 Å². The van der Waals surface area contributed by atoms with Gasteiger partial charge in [-0.15, -0.1) is 0 Å². The van der Waals surface area contributed by atoms with E-state index in [1.165, 1.54) is 25.7 Å². The maximum absolute atomic E-state index is 12.2.